The van der Waals surface area contributed by atoms with E-state index in [1.807, 2.05) is 30.3 Å². The number of nitrogens with two attached hydrogens (primary N) is 1. The number of primary amides is 1. The number of hydrogen-bond donors (Lipinski definition) is 2. The minimum Gasteiger partial charge on any atom is -0.486 e. The number of hydrogen-bond acceptors (Lipinski definition) is 3. The molecule has 1 heterocycles. The maximum Gasteiger partial charge on any atom is 0.254 e. The quantitative estimate of drug-likeness (QED) is 0.901. The van der Waals surface area contributed by atoms with Crippen LogP contribution in [0, 0.1) is 0 Å². The van der Waals surface area contributed by atoms with Crippen molar-refractivity contribution < 1.29 is 18.7 Å². The Morgan fingerprint density at radius 2 is 1.96 bits per heavy atom. The van der Waals surface area contributed by atoms with Crippen molar-refractivity contribution in [1.29, 1.82) is 0 Å². The van der Waals surface area contributed by atoms with Gasteiger partial charge in [0.2, 0.25) is 5.91 Å². The topological polar surface area (TPSA) is 81.4 Å². The first-order valence-electron chi connectivity index (χ1n) is 7.54. The summed E-state index contributed by atoms with van der Waals surface area (Å²) < 4.78 is 19.3. The largest absolute Gasteiger partial charge is 0.486 e. The molecule has 0 fully saturated rings. The molecule has 24 heavy (non-hydrogen) atoms. The average molecular weight is 328 g/mol. The van der Waals surface area contributed by atoms with Gasteiger partial charge in [0.25, 0.3) is 5.91 Å². The molecule has 6 heteroatoms. The maximum atomic E-state index is 13.6. The fraction of sp³-hybridized carbons (Fsp3) is 0.222. The van der Waals surface area contributed by atoms with E-state index in [0.717, 1.165) is 5.56 Å². The highest BCUT2D eigenvalue weighted by molar-refractivity contribution is 6.02. The summed E-state index contributed by atoms with van der Waals surface area (Å²) in [5, 5.41) is 2.50. The van der Waals surface area contributed by atoms with Crippen molar-refractivity contribution >= 4 is 11.8 Å². The maximum absolute atomic E-state index is 13.6. The molecule has 0 aliphatic carbocycles. The number of ether oxygens (including phenoxy) is 1. The van der Waals surface area contributed by atoms with Gasteiger partial charge in [-0.05, 0) is 17.7 Å². The van der Waals surface area contributed by atoms with E-state index < -0.39 is 30.5 Å². The molecule has 2 aromatic rings. The highest BCUT2D eigenvalue weighted by Gasteiger charge is 2.38. The Balaban J connectivity index is 2.22. The fourth-order valence-electron chi connectivity index (χ4n) is 3.05. The van der Waals surface area contributed by atoms with Gasteiger partial charge in [0.15, 0.2) is 0 Å². The fourth-order valence-corrected chi connectivity index (χ4v) is 3.05. The van der Waals surface area contributed by atoms with Gasteiger partial charge in [-0.2, -0.15) is 0 Å². The number of nitrogens with one attached hydrogen (secondary N) is 1. The standard InChI is InChI=1S/C18H17FN2O3/c1-21-18(23)13-8-11(17(20)22)7-12-15(10-5-3-2-4-6-10)14(9-19)24-16(12)13/h2-8,14-15H,9H2,1H3,(H2,20,22)(H,21,23)/t14-,15?/m0/s1. The predicted octanol–water partition coefficient (Wildman–Crippen LogP) is 2.01. The molecule has 2 atom stereocenters. The van der Waals surface area contributed by atoms with E-state index in [-0.39, 0.29) is 11.1 Å². The van der Waals surface area contributed by atoms with Gasteiger partial charge >= 0.3 is 0 Å². The Labute approximate surface area is 138 Å². The van der Waals surface area contributed by atoms with E-state index >= 15 is 0 Å². The average Bonchev–Trinajstić information content (AvgIpc) is 2.99. The molecular weight excluding hydrogens is 311 g/mol. The third-order valence-corrected chi connectivity index (χ3v) is 4.16. The van der Waals surface area contributed by atoms with Gasteiger partial charge in [0.05, 0.1) is 11.5 Å². The number of carbonyl (C=O) groups is 2. The van der Waals surface area contributed by atoms with E-state index in [1.165, 1.54) is 13.1 Å². The van der Waals surface area contributed by atoms with E-state index in [9.17, 15) is 14.0 Å². The number of alkyl halides is 1. The second-order valence-electron chi connectivity index (χ2n) is 5.58. The predicted molar refractivity (Wildman–Crippen MR) is 87.0 cm³/mol. The summed E-state index contributed by atoms with van der Waals surface area (Å²) in [4.78, 5) is 23.8. The summed E-state index contributed by atoms with van der Waals surface area (Å²) in [6.07, 6.45) is -0.756. The zero-order chi connectivity index (χ0) is 17.3. The Kier molecular flexibility index (Phi) is 4.20. The van der Waals surface area contributed by atoms with Crippen LogP contribution in [0.4, 0.5) is 4.39 Å². The zero-order valence-corrected chi connectivity index (χ0v) is 13.1. The van der Waals surface area contributed by atoms with Crippen molar-refractivity contribution in [2.24, 2.45) is 5.73 Å². The monoisotopic (exact) mass is 328 g/mol. The van der Waals surface area contributed by atoms with E-state index in [2.05, 4.69) is 5.32 Å². The van der Waals surface area contributed by atoms with Crippen LogP contribution in [0.3, 0.4) is 0 Å². The van der Waals surface area contributed by atoms with Gasteiger partial charge in [-0.3, -0.25) is 9.59 Å². The van der Waals surface area contributed by atoms with Crippen LogP contribution in [0.2, 0.25) is 0 Å². The van der Waals surface area contributed by atoms with Crippen molar-refractivity contribution in [2.75, 3.05) is 13.7 Å². The first kappa shape index (κ1) is 16.0. The molecule has 3 rings (SSSR count). The molecule has 0 radical (unpaired) electrons. The molecule has 2 aromatic carbocycles. The molecule has 1 unspecified atom stereocenters. The van der Waals surface area contributed by atoms with E-state index in [1.54, 1.807) is 6.07 Å². The molecule has 0 spiro atoms. The van der Waals surface area contributed by atoms with Gasteiger partial charge in [0.1, 0.15) is 18.5 Å². The minimum atomic E-state index is -0.756. The van der Waals surface area contributed by atoms with Crippen LogP contribution in [0.25, 0.3) is 0 Å². The molecule has 124 valence electrons. The van der Waals surface area contributed by atoms with Crippen molar-refractivity contribution in [3.05, 3.63) is 64.7 Å². The lowest BCUT2D eigenvalue weighted by molar-refractivity contribution is 0.0955. The van der Waals surface area contributed by atoms with Crippen LogP contribution in [0.15, 0.2) is 42.5 Å². The molecular formula is C18H17FN2O3. The first-order chi connectivity index (χ1) is 11.6. The molecule has 1 aliphatic rings. The second-order valence-corrected chi connectivity index (χ2v) is 5.58. The van der Waals surface area contributed by atoms with Crippen LogP contribution < -0.4 is 15.8 Å². The SMILES string of the molecule is CNC(=O)c1cc(C(N)=O)cc2c1O[C@@H](CF)C2c1ccccc1. The smallest absolute Gasteiger partial charge is 0.254 e. The van der Waals surface area contributed by atoms with Crippen LogP contribution in [0.1, 0.15) is 37.8 Å². The number of halogens is 1. The summed E-state index contributed by atoms with van der Waals surface area (Å²) in [6, 6.07) is 12.2. The van der Waals surface area contributed by atoms with Gasteiger partial charge < -0.3 is 15.8 Å². The lowest BCUT2D eigenvalue weighted by Crippen LogP contribution is -2.22. The normalized spacial score (nSPS) is 18.6. The van der Waals surface area contributed by atoms with Crippen LogP contribution in [-0.2, 0) is 0 Å². The van der Waals surface area contributed by atoms with Crippen molar-refractivity contribution in [2.45, 2.75) is 12.0 Å². The van der Waals surface area contributed by atoms with Crippen molar-refractivity contribution in [1.82, 2.24) is 5.32 Å². The first-order valence-corrected chi connectivity index (χ1v) is 7.54. The number of rotatable bonds is 4. The Morgan fingerprint density at radius 1 is 1.25 bits per heavy atom. The van der Waals surface area contributed by atoms with E-state index in [4.69, 9.17) is 10.5 Å². The van der Waals surface area contributed by atoms with Crippen molar-refractivity contribution in [3.63, 3.8) is 0 Å². The number of benzene rings is 2. The molecule has 0 saturated carbocycles. The summed E-state index contributed by atoms with van der Waals surface area (Å²) in [5.41, 5.74) is 7.20. The Morgan fingerprint density at radius 3 is 2.54 bits per heavy atom. The summed E-state index contributed by atoms with van der Waals surface area (Å²) >= 11 is 0. The zero-order valence-electron chi connectivity index (χ0n) is 13.1. The van der Waals surface area contributed by atoms with Gasteiger partial charge in [-0.25, -0.2) is 4.39 Å². The lowest BCUT2D eigenvalue weighted by Gasteiger charge is -2.16. The van der Waals surface area contributed by atoms with Gasteiger partial charge in [-0.1, -0.05) is 30.3 Å². The van der Waals surface area contributed by atoms with Gasteiger partial charge in [0, 0.05) is 18.2 Å². The summed E-state index contributed by atoms with van der Waals surface area (Å²) in [6.45, 7) is -0.715. The third kappa shape index (κ3) is 2.60. The molecule has 0 bridgehead atoms. The molecule has 3 N–H and O–H groups in total. The Bertz CT molecular complexity index is 792. The second kappa shape index (κ2) is 6.31. The van der Waals surface area contributed by atoms with Crippen molar-refractivity contribution in [3.8, 4) is 5.75 Å². The molecule has 1 aliphatic heterocycles. The van der Waals surface area contributed by atoms with Crippen LogP contribution in [-0.4, -0.2) is 31.6 Å². The Hall–Kier alpha value is -2.89. The lowest BCUT2D eigenvalue weighted by atomic mass is 9.86. The number of fused-ring (bicyclic) bond motifs is 1. The number of amides is 2. The molecule has 5 nitrogen and oxygen atoms in total. The molecule has 0 aromatic heterocycles. The highest BCUT2D eigenvalue weighted by atomic mass is 19.1. The molecule has 0 saturated heterocycles. The summed E-state index contributed by atoms with van der Waals surface area (Å²) in [5.74, 6) is -1.18. The highest BCUT2D eigenvalue weighted by Crippen LogP contribution is 2.45. The van der Waals surface area contributed by atoms with Crippen LogP contribution in [0.5, 0.6) is 5.75 Å². The van der Waals surface area contributed by atoms with E-state index in [0.29, 0.717) is 11.3 Å². The van der Waals surface area contributed by atoms with Gasteiger partial charge in [-0.15, -0.1) is 0 Å². The summed E-state index contributed by atoms with van der Waals surface area (Å²) in [7, 11) is 1.47. The number of carbonyl (C=O) groups excluding carboxylic acids is 2. The minimum absolute atomic E-state index is 0.181. The van der Waals surface area contributed by atoms with Crippen LogP contribution >= 0.6 is 0 Å². The molecule has 2 amide bonds. The third-order valence-electron chi connectivity index (χ3n) is 4.16.